The van der Waals surface area contributed by atoms with E-state index in [4.69, 9.17) is 21.1 Å². The molecule has 7 nitrogen and oxygen atoms in total. The van der Waals surface area contributed by atoms with Gasteiger partial charge in [0.2, 0.25) is 15.9 Å². The molecule has 0 fully saturated rings. The molecule has 0 unspecified atom stereocenters. The van der Waals surface area contributed by atoms with Crippen LogP contribution in [0.5, 0.6) is 17.2 Å². The molecule has 0 aliphatic carbocycles. The molecule has 2 N–H and O–H groups in total. The number of hydrogen-bond donors (Lipinski definition) is 2. The van der Waals surface area contributed by atoms with Gasteiger partial charge in [-0.05, 0) is 79.9 Å². The van der Waals surface area contributed by atoms with Crippen molar-refractivity contribution in [2.45, 2.75) is 31.2 Å². The van der Waals surface area contributed by atoms with Crippen LogP contribution in [0.4, 0.5) is 5.69 Å². The van der Waals surface area contributed by atoms with Crippen LogP contribution in [-0.2, 0) is 21.2 Å². The van der Waals surface area contributed by atoms with Gasteiger partial charge in [0.25, 0.3) is 0 Å². The number of carbonyl (C=O) groups is 1. The quantitative estimate of drug-likeness (QED) is 0.221. The van der Waals surface area contributed by atoms with Crippen molar-refractivity contribution in [3.8, 4) is 17.2 Å². The number of rotatable bonds is 11. The van der Waals surface area contributed by atoms with Crippen LogP contribution in [0.1, 0.15) is 18.1 Å². The minimum atomic E-state index is -4.06. The van der Waals surface area contributed by atoms with Gasteiger partial charge in [0.15, 0.2) is 5.75 Å². The molecule has 39 heavy (non-hydrogen) atoms. The van der Waals surface area contributed by atoms with Crippen molar-refractivity contribution < 1.29 is 22.7 Å². The molecular weight excluding hydrogens is 536 g/mol. The maximum absolute atomic E-state index is 13.6. The van der Waals surface area contributed by atoms with Crippen LogP contribution in [0, 0.1) is 6.92 Å². The highest BCUT2D eigenvalue weighted by Gasteiger charge is 2.27. The Bertz CT molecular complexity index is 1530. The third-order valence-corrected chi connectivity index (χ3v) is 7.53. The van der Waals surface area contributed by atoms with E-state index in [1.165, 1.54) is 12.1 Å². The van der Waals surface area contributed by atoms with Gasteiger partial charge in [0.1, 0.15) is 17.5 Å². The summed E-state index contributed by atoms with van der Waals surface area (Å²) in [6.07, 6.45) is 0.122. The smallest absolute Gasteiger partial charge is 0.243 e. The van der Waals surface area contributed by atoms with Crippen molar-refractivity contribution in [2.75, 3.05) is 11.9 Å². The summed E-state index contributed by atoms with van der Waals surface area (Å²) in [7, 11) is -4.06. The number of hydrogen-bond acceptors (Lipinski definition) is 5. The van der Waals surface area contributed by atoms with E-state index < -0.39 is 22.0 Å². The van der Waals surface area contributed by atoms with Crippen molar-refractivity contribution >= 4 is 33.2 Å². The highest BCUT2D eigenvalue weighted by Crippen LogP contribution is 2.32. The zero-order chi connectivity index (χ0) is 27.8. The molecule has 0 spiro atoms. The van der Waals surface area contributed by atoms with Crippen molar-refractivity contribution in [3.05, 3.63) is 113 Å². The zero-order valence-electron chi connectivity index (χ0n) is 21.6. The number of halogens is 1. The summed E-state index contributed by atoms with van der Waals surface area (Å²) in [5.41, 5.74) is 1.77. The van der Waals surface area contributed by atoms with Crippen LogP contribution in [0.15, 0.2) is 102 Å². The highest BCUT2D eigenvalue weighted by molar-refractivity contribution is 7.89. The summed E-state index contributed by atoms with van der Waals surface area (Å²) < 4.78 is 40.9. The Morgan fingerprint density at radius 3 is 2.23 bits per heavy atom. The van der Waals surface area contributed by atoms with E-state index in [9.17, 15) is 13.2 Å². The first-order valence-electron chi connectivity index (χ1n) is 12.4. The monoisotopic (exact) mass is 564 g/mol. The largest absolute Gasteiger partial charge is 0.494 e. The summed E-state index contributed by atoms with van der Waals surface area (Å²) in [4.78, 5) is 13.6. The summed E-state index contributed by atoms with van der Waals surface area (Å²) in [5, 5.41) is 3.19. The second kappa shape index (κ2) is 12.8. The summed E-state index contributed by atoms with van der Waals surface area (Å²) >= 11 is 6.22. The lowest BCUT2D eigenvalue weighted by Crippen LogP contribution is -2.45. The van der Waals surface area contributed by atoms with Gasteiger partial charge < -0.3 is 14.8 Å². The normalized spacial score (nSPS) is 12.0. The predicted octanol–water partition coefficient (Wildman–Crippen LogP) is 6.37. The SMILES string of the molecule is CCOc1ccc(S(=O)(=O)N[C@H](Cc2ccccc2)C(=O)Nc2cc(Cl)ccc2Oc2ccccc2)cc1C. The number of ether oxygens (including phenoxy) is 2. The maximum Gasteiger partial charge on any atom is 0.243 e. The number of aryl methyl sites for hydroxylation is 1. The van der Waals surface area contributed by atoms with Gasteiger partial charge in [0, 0.05) is 5.02 Å². The fraction of sp³-hybridized carbons (Fsp3) is 0.167. The maximum atomic E-state index is 13.6. The fourth-order valence-corrected chi connectivity index (χ4v) is 5.38. The topological polar surface area (TPSA) is 93.7 Å². The number of sulfonamides is 1. The molecule has 0 aliphatic rings. The lowest BCUT2D eigenvalue weighted by molar-refractivity contribution is -0.117. The van der Waals surface area contributed by atoms with E-state index in [1.54, 1.807) is 43.3 Å². The van der Waals surface area contributed by atoms with Gasteiger partial charge in [-0.1, -0.05) is 60.1 Å². The van der Waals surface area contributed by atoms with E-state index in [0.29, 0.717) is 40.1 Å². The number of para-hydroxylation sites is 1. The molecular formula is C30H29ClN2O5S. The summed E-state index contributed by atoms with van der Waals surface area (Å²) in [5.74, 6) is 0.970. The van der Waals surface area contributed by atoms with E-state index in [2.05, 4.69) is 10.0 Å². The molecule has 4 rings (SSSR count). The zero-order valence-corrected chi connectivity index (χ0v) is 23.1. The molecule has 0 bridgehead atoms. The molecule has 1 atom stereocenters. The Labute approximate surface area is 233 Å². The van der Waals surface area contributed by atoms with E-state index >= 15 is 0 Å². The Hall–Kier alpha value is -3.85. The molecule has 4 aromatic rings. The first kappa shape index (κ1) is 28.2. The van der Waals surface area contributed by atoms with Gasteiger partial charge in [-0.2, -0.15) is 4.72 Å². The molecule has 0 saturated carbocycles. The number of amides is 1. The third kappa shape index (κ3) is 7.60. The lowest BCUT2D eigenvalue weighted by Gasteiger charge is -2.20. The third-order valence-electron chi connectivity index (χ3n) is 5.82. The second-order valence-corrected chi connectivity index (χ2v) is 10.9. The van der Waals surface area contributed by atoms with Crippen LogP contribution in [0.3, 0.4) is 0 Å². The molecule has 9 heteroatoms. The first-order chi connectivity index (χ1) is 18.7. The average molecular weight is 565 g/mol. The van der Waals surface area contributed by atoms with Gasteiger partial charge in [-0.3, -0.25) is 4.79 Å². The number of carbonyl (C=O) groups excluding carboxylic acids is 1. The van der Waals surface area contributed by atoms with Crippen LogP contribution >= 0.6 is 11.6 Å². The minimum Gasteiger partial charge on any atom is -0.494 e. The molecule has 4 aromatic carbocycles. The van der Waals surface area contributed by atoms with Crippen LogP contribution < -0.4 is 19.5 Å². The minimum absolute atomic E-state index is 0.0326. The van der Waals surface area contributed by atoms with Gasteiger partial charge in [0.05, 0.1) is 17.2 Å². The number of benzene rings is 4. The Morgan fingerprint density at radius 1 is 0.897 bits per heavy atom. The fourth-order valence-electron chi connectivity index (χ4n) is 3.92. The number of nitrogens with one attached hydrogen (secondary N) is 2. The molecule has 202 valence electrons. The molecule has 0 heterocycles. The van der Waals surface area contributed by atoms with Gasteiger partial charge >= 0.3 is 0 Å². The molecule has 0 aliphatic heterocycles. The summed E-state index contributed by atoms with van der Waals surface area (Å²) in [6, 6.07) is 26.6. The van der Waals surface area contributed by atoms with Crippen molar-refractivity contribution in [1.82, 2.24) is 4.72 Å². The highest BCUT2D eigenvalue weighted by atomic mass is 35.5. The predicted molar refractivity (Wildman–Crippen MR) is 153 cm³/mol. The van der Waals surface area contributed by atoms with Crippen molar-refractivity contribution in [1.29, 1.82) is 0 Å². The van der Waals surface area contributed by atoms with E-state index in [1.807, 2.05) is 55.5 Å². The Balaban J connectivity index is 1.62. The molecule has 1 amide bonds. The van der Waals surface area contributed by atoms with Crippen LogP contribution in [0.2, 0.25) is 5.02 Å². The van der Waals surface area contributed by atoms with Gasteiger partial charge in [-0.25, -0.2) is 8.42 Å². The molecule has 0 radical (unpaired) electrons. The molecule has 0 saturated heterocycles. The van der Waals surface area contributed by atoms with Crippen molar-refractivity contribution in [3.63, 3.8) is 0 Å². The van der Waals surface area contributed by atoms with Crippen LogP contribution in [0.25, 0.3) is 0 Å². The standard InChI is InChI=1S/C30H29ClN2O5S/c1-3-37-28-17-15-25(18-21(28)2)39(35,36)33-27(19-22-10-6-4-7-11-22)30(34)32-26-20-23(31)14-16-29(26)38-24-12-8-5-9-13-24/h4-18,20,27,33H,3,19H2,1-2H3,(H,32,34)/t27-/m1/s1. The first-order valence-corrected chi connectivity index (χ1v) is 14.2. The molecule has 0 aromatic heterocycles. The lowest BCUT2D eigenvalue weighted by atomic mass is 10.1. The Kier molecular flexibility index (Phi) is 9.24. The summed E-state index contributed by atoms with van der Waals surface area (Å²) in [6.45, 7) is 4.09. The average Bonchev–Trinajstić information content (AvgIpc) is 2.92. The van der Waals surface area contributed by atoms with Crippen molar-refractivity contribution in [2.24, 2.45) is 0 Å². The van der Waals surface area contributed by atoms with E-state index in [-0.39, 0.29) is 11.3 Å². The van der Waals surface area contributed by atoms with Gasteiger partial charge in [-0.15, -0.1) is 0 Å². The van der Waals surface area contributed by atoms with E-state index in [0.717, 1.165) is 5.56 Å². The second-order valence-electron chi connectivity index (χ2n) is 8.77. The number of anilines is 1. The van der Waals surface area contributed by atoms with Crippen LogP contribution in [-0.4, -0.2) is 27.0 Å². The Morgan fingerprint density at radius 2 is 1.56 bits per heavy atom.